The summed E-state index contributed by atoms with van der Waals surface area (Å²) in [4.78, 5) is 18.0. The van der Waals surface area contributed by atoms with Crippen molar-refractivity contribution in [3.05, 3.63) is 59.8 Å². The summed E-state index contributed by atoms with van der Waals surface area (Å²) >= 11 is 0. The first-order valence-corrected chi connectivity index (χ1v) is 7.17. The Morgan fingerprint density at radius 2 is 1.78 bits per heavy atom. The van der Waals surface area contributed by atoms with Crippen molar-refractivity contribution < 1.29 is 9.21 Å². The third-order valence-electron chi connectivity index (χ3n) is 3.47. The Morgan fingerprint density at radius 1 is 1.04 bits per heavy atom. The van der Waals surface area contributed by atoms with E-state index in [1.807, 2.05) is 36.4 Å². The standard InChI is InChI=1S/C17H16N4O2/c1-11-16(23-12(2)18-11)17(22)21(3)15-10-9-14(19-20-15)13-7-5-4-6-8-13/h4-10H,1-3H3. The molecule has 0 fully saturated rings. The summed E-state index contributed by atoms with van der Waals surface area (Å²) in [6, 6.07) is 13.3. The van der Waals surface area contributed by atoms with Gasteiger partial charge in [0.25, 0.3) is 5.91 Å². The van der Waals surface area contributed by atoms with Gasteiger partial charge >= 0.3 is 0 Å². The minimum Gasteiger partial charge on any atom is -0.436 e. The lowest BCUT2D eigenvalue weighted by atomic mass is 10.1. The van der Waals surface area contributed by atoms with E-state index in [4.69, 9.17) is 4.42 Å². The van der Waals surface area contributed by atoms with Crippen molar-refractivity contribution in [2.24, 2.45) is 0 Å². The van der Waals surface area contributed by atoms with Gasteiger partial charge in [-0.1, -0.05) is 30.3 Å². The van der Waals surface area contributed by atoms with Gasteiger partial charge in [-0.05, 0) is 19.1 Å². The van der Waals surface area contributed by atoms with Gasteiger partial charge in [0.15, 0.2) is 11.7 Å². The van der Waals surface area contributed by atoms with Crippen LogP contribution in [0.2, 0.25) is 0 Å². The summed E-state index contributed by atoms with van der Waals surface area (Å²) in [6.45, 7) is 3.44. The van der Waals surface area contributed by atoms with Crippen LogP contribution < -0.4 is 4.90 Å². The number of nitrogens with zero attached hydrogens (tertiary/aromatic N) is 4. The summed E-state index contributed by atoms with van der Waals surface area (Å²) in [7, 11) is 1.63. The number of rotatable bonds is 3. The van der Waals surface area contributed by atoms with Crippen LogP contribution in [0.15, 0.2) is 46.9 Å². The number of anilines is 1. The molecule has 0 radical (unpaired) electrons. The minimum absolute atomic E-state index is 0.221. The highest BCUT2D eigenvalue weighted by Crippen LogP contribution is 2.19. The quantitative estimate of drug-likeness (QED) is 0.743. The third-order valence-corrected chi connectivity index (χ3v) is 3.47. The predicted octanol–water partition coefficient (Wildman–Crippen LogP) is 3.03. The van der Waals surface area contributed by atoms with E-state index in [2.05, 4.69) is 15.2 Å². The van der Waals surface area contributed by atoms with Crippen LogP contribution in [0.5, 0.6) is 0 Å². The van der Waals surface area contributed by atoms with Crippen LogP contribution in [-0.4, -0.2) is 28.1 Å². The lowest BCUT2D eigenvalue weighted by Crippen LogP contribution is -2.27. The highest BCUT2D eigenvalue weighted by atomic mass is 16.4. The van der Waals surface area contributed by atoms with Crippen molar-refractivity contribution in [3.63, 3.8) is 0 Å². The second-order valence-corrected chi connectivity index (χ2v) is 5.15. The topological polar surface area (TPSA) is 72.1 Å². The number of amides is 1. The summed E-state index contributed by atoms with van der Waals surface area (Å²) < 4.78 is 5.36. The van der Waals surface area contributed by atoms with Gasteiger partial charge < -0.3 is 4.42 Å². The van der Waals surface area contributed by atoms with E-state index in [0.29, 0.717) is 17.4 Å². The Balaban J connectivity index is 1.84. The van der Waals surface area contributed by atoms with Gasteiger partial charge in [-0.15, -0.1) is 10.2 Å². The molecule has 3 rings (SSSR count). The number of carbonyl (C=O) groups excluding carboxylic acids is 1. The summed E-state index contributed by atoms with van der Waals surface area (Å²) in [5, 5.41) is 8.31. The summed E-state index contributed by atoms with van der Waals surface area (Å²) in [5.74, 6) is 0.830. The zero-order valence-electron chi connectivity index (χ0n) is 13.1. The zero-order valence-corrected chi connectivity index (χ0v) is 13.1. The molecule has 0 aliphatic heterocycles. The zero-order chi connectivity index (χ0) is 16.4. The van der Waals surface area contributed by atoms with E-state index in [0.717, 1.165) is 11.3 Å². The molecule has 0 saturated heterocycles. The fourth-order valence-corrected chi connectivity index (χ4v) is 2.25. The van der Waals surface area contributed by atoms with Crippen LogP contribution >= 0.6 is 0 Å². The number of carbonyl (C=O) groups is 1. The molecule has 2 heterocycles. The molecular weight excluding hydrogens is 292 g/mol. The molecule has 3 aromatic rings. The van der Waals surface area contributed by atoms with Gasteiger partial charge in [0, 0.05) is 19.5 Å². The van der Waals surface area contributed by atoms with E-state index < -0.39 is 0 Å². The Kier molecular flexibility index (Phi) is 3.89. The maximum Gasteiger partial charge on any atom is 0.296 e. The van der Waals surface area contributed by atoms with Gasteiger partial charge in [-0.3, -0.25) is 9.69 Å². The Morgan fingerprint density at radius 3 is 2.35 bits per heavy atom. The molecule has 1 amide bonds. The number of aryl methyl sites for hydroxylation is 2. The molecule has 6 nitrogen and oxygen atoms in total. The molecule has 0 bridgehead atoms. The van der Waals surface area contributed by atoms with Crippen molar-refractivity contribution in [2.75, 3.05) is 11.9 Å². The van der Waals surface area contributed by atoms with Gasteiger partial charge in [-0.25, -0.2) is 4.98 Å². The number of hydrogen-bond acceptors (Lipinski definition) is 5. The molecule has 0 aliphatic carbocycles. The lowest BCUT2D eigenvalue weighted by Gasteiger charge is -2.14. The van der Waals surface area contributed by atoms with Crippen LogP contribution in [0.4, 0.5) is 5.82 Å². The van der Waals surface area contributed by atoms with Crippen molar-refractivity contribution in [1.82, 2.24) is 15.2 Å². The predicted molar refractivity (Wildman–Crippen MR) is 86.2 cm³/mol. The van der Waals surface area contributed by atoms with E-state index in [-0.39, 0.29) is 11.7 Å². The Hall–Kier alpha value is -3.02. The third kappa shape index (κ3) is 2.96. The SMILES string of the molecule is Cc1nc(C)c(C(=O)N(C)c2ccc(-c3ccccc3)nn2)o1. The van der Waals surface area contributed by atoms with Crippen LogP contribution in [0.1, 0.15) is 22.1 Å². The van der Waals surface area contributed by atoms with Crippen LogP contribution in [0.25, 0.3) is 11.3 Å². The molecule has 0 N–H and O–H groups in total. The van der Waals surface area contributed by atoms with Crippen molar-refractivity contribution in [3.8, 4) is 11.3 Å². The molecular formula is C17H16N4O2. The van der Waals surface area contributed by atoms with E-state index in [1.165, 1.54) is 4.90 Å². The number of aromatic nitrogens is 3. The fraction of sp³-hybridized carbons (Fsp3) is 0.176. The first-order chi connectivity index (χ1) is 11.1. The molecule has 0 saturated carbocycles. The number of benzene rings is 1. The molecule has 0 aliphatic rings. The first kappa shape index (κ1) is 14.9. The monoisotopic (exact) mass is 308 g/mol. The maximum absolute atomic E-state index is 12.5. The highest BCUT2D eigenvalue weighted by molar-refractivity contribution is 6.03. The molecule has 0 atom stereocenters. The Labute approximate surface area is 133 Å². The first-order valence-electron chi connectivity index (χ1n) is 7.17. The molecule has 116 valence electrons. The number of hydrogen-bond donors (Lipinski definition) is 0. The minimum atomic E-state index is -0.301. The van der Waals surface area contributed by atoms with Gasteiger partial charge in [-0.2, -0.15) is 0 Å². The van der Waals surface area contributed by atoms with E-state index in [1.54, 1.807) is 27.0 Å². The molecule has 0 unspecified atom stereocenters. The Bertz CT molecular complexity index is 826. The normalized spacial score (nSPS) is 10.6. The second kappa shape index (κ2) is 6.00. The van der Waals surface area contributed by atoms with Crippen molar-refractivity contribution in [1.29, 1.82) is 0 Å². The van der Waals surface area contributed by atoms with Crippen LogP contribution in [0.3, 0.4) is 0 Å². The maximum atomic E-state index is 12.5. The molecule has 23 heavy (non-hydrogen) atoms. The summed E-state index contributed by atoms with van der Waals surface area (Å²) in [5.41, 5.74) is 2.29. The van der Waals surface area contributed by atoms with Crippen LogP contribution in [-0.2, 0) is 0 Å². The lowest BCUT2D eigenvalue weighted by molar-refractivity contribution is 0.0963. The average Bonchev–Trinajstić information content (AvgIpc) is 2.93. The van der Waals surface area contributed by atoms with Gasteiger partial charge in [0.05, 0.1) is 11.4 Å². The number of oxazole rings is 1. The van der Waals surface area contributed by atoms with Crippen molar-refractivity contribution in [2.45, 2.75) is 13.8 Å². The fourth-order valence-electron chi connectivity index (χ4n) is 2.25. The van der Waals surface area contributed by atoms with Crippen LogP contribution in [0, 0.1) is 13.8 Å². The highest BCUT2D eigenvalue weighted by Gasteiger charge is 2.22. The van der Waals surface area contributed by atoms with E-state index in [9.17, 15) is 4.79 Å². The molecule has 2 aromatic heterocycles. The smallest absolute Gasteiger partial charge is 0.296 e. The molecule has 0 spiro atoms. The largest absolute Gasteiger partial charge is 0.436 e. The van der Waals surface area contributed by atoms with E-state index >= 15 is 0 Å². The van der Waals surface area contributed by atoms with Gasteiger partial charge in [0.1, 0.15) is 0 Å². The van der Waals surface area contributed by atoms with Gasteiger partial charge in [0.2, 0.25) is 5.76 Å². The molecule has 6 heteroatoms. The molecule has 1 aromatic carbocycles. The van der Waals surface area contributed by atoms with Crippen molar-refractivity contribution >= 4 is 11.7 Å². The second-order valence-electron chi connectivity index (χ2n) is 5.15. The average molecular weight is 308 g/mol. The summed E-state index contributed by atoms with van der Waals surface area (Å²) in [6.07, 6.45) is 0.